The predicted molar refractivity (Wildman–Crippen MR) is 62.6 cm³/mol. The third-order valence-electron chi connectivity index (χ3n) is 1.99. The molecule has 0 aliphatic heterocycles. The summed E-state index contributed by atoms with van der Waals surface area (Å²) < 4.78 is 0. The topological polar surface area (TPSA) is 46.6 Å². The van der Waals surface area contributed by atoms with Gasteiger partial charge in [0, 0.05) is 19.5 Å². The lowest BCUT2D eigenvalue weighted by Gasteiger charge is -2.09. The Morgan fingerprint density at radius 2 is 1.88 bits per heavy atom. The van der Waals surface area contributed by atoms with E-state index < -0.39 is 0 Å². The van der Waals surface area contributed by atoms with E-state index in [-0.39, 0.29) is 11.7 Å². The van der Waals surface area contributed by atoms with E-state index in [1.54, 1.807) is 6.08 Å². The minimum Gasteiger partial charge on any atom is -0.295 e. The molecule has 1 amide bonds. The molecule has 0 saturated carbocycles. The average Bonchev–Trinajstić information content (AvgIpc) is 2.30. The maximum atomic E-state index is 11.2. The van der Waals surface area contributed by atoms with Gasteiger partial charge in [0.2, 0.25) is 0 Å². The molecule has 0 aromatic rings. The second kappa shape index (κ2) is 8.85. The van der Waals surface area contributed by atoms with Gasteiger partial charge in [0.25, 0.3) is 5.91 Å². The summed E-state index contributed by atoms with van der Waals surface area (Å²) in [6.45, 7) is 2.04. The number of rotatable bonds is 7. The summed E-state index contributed by atoms with van der Waals surface area (Å²) in [5.41, 5.74) is 0. The number of nitrogens with zero attached hydrogens (tertiary/aromatic N) is 1. The Labute approximate surface area is 96.5 Å². The van der Waals surface area contributed by atoms with Gasteiger partial charge in [0.05, 0.1) is 7.11 Å². The van der Waals surface area contributed by atoms with Crippen LogP contribution in [0, 0.1) is 0 Å². The smallest absolute Gasteiger partial charge is 0.269 e. The highest BCUT2D eigenvalue weighted by molar-refractivity contribution is 5.90. The Morgan fingerprint density at radius 3 is 2.44 bits per heavy atom. The monoisotopic (exact) mass is 225 g/mol. The molecule has 0 N–H and O–H groups in total. The van der Waals surface area contributed by atoms with Gasteiger partial charge in [-0.3, -0.25) is 14.4 Å². The maximum Gasteiger partial charge on any atom is 0.269 e. The first kappa shape index (κ1) is 14.6. The number of allylic oxidation sites excluding steroid dienone is 3. The van der Waals surface area contributed by atoms with Gasteiger partial charge in [-0.05, 0) is 12.5 Å². The van der Waals surface area contributed by atoms with Gasteiger partial charge >= 0.3 is 0 Å². The number of likely N-dealkylation sites (N-methyl/N-ethyl adjacent to an activating group) is 1. The number of amides is 1. The van der Waals surface area contributed by atoms with Crippen molar-refractivity contribution in [1.29, 1.82) is 0 Å². The van der Waals surface area contributed by atoms with E-state index in [1.807, 2.05) is 6.92 Å². The molecule has 0 aliphatic rings. The Hall–Kier alpha value is -1.42. The molecule has 4 heteroatoms. The van der Waals surface area contributed by atoms with Crippen LogP contribution < -0.4 is 0 Å². The van der Waals surface area contributed by atoms with Crippen molar-refractivity contribution in [3.05, 3.63) is 24.3 Å². The van der Waals surface area contributed by atoms with E-state index >= 15 is 0 Å². The SMILES string of the molecule is CCCCC(=O)/C=C/C=C/C(=O)N(C)OC. The fraction of sp³-hybridized carbons (Fsp3) is 0.500. The fourth-order valence-corrected chi connectivity index (χ4v) is 0.930. The van der Waals surface area contributed by atoms with Gasteiger partial charge in [-0.2, -0.15) is 0 Å². The first-order valence-corrected chi connectivity index (χ1v) is 5.31. The standard InChI is InChI=1S/C12H19NO3/c1-4-5-8-11(14)9-6-7-10-12(15)13(2)16-3/h6-7,9-10H,4-5,8H2,1-3H3/b9-6+,10-7+. The summed E-state index contributed by atoms with van der Waals surface area (Å²) in [5, 5.41) is 1.10. The normalized spacial score (nSPS) is 11.2. The van der Waals surface area contributed by atoms with Crippen LogP contribution in [0.3, 0.4) is 0 Å². The zero-order chi connectivity index (χ0) is 12.4. The third kappa shape index (κ3) is 6.95. The van der Waals surface area contributed by atoms with Crippen LogP contribution in [0.4, 0.5) is 0 Å². The number of carbonyl (C=O) groups is 2. The molecule has 0 spiro atoms. The molecule has 4 nitrogen and oxygen atoms in total. The van der Waals surface area contributed by atoms with Crippen LogP contribution in [0.1, 0.15) is 26.2 Å². The van der Waals surface area contributed by atoms with Gasteiger partial charge in [0.1, 0.15) is 0 Å². The van der Waals surface area contributed by atoms with Gasteiger partial charge in [0.15, 0.2) is 5.78 Å². The number of carbonyl (C=O) groups excluding carboxylic acids is 2. The first-order chi connectivity index (χ1) is 7.61. The van der Waals surface area contributed by atoms with E-state index in [2.05, 4.69) is 4.84 Å². The zero-order valence-electron chi connectivity index (χ0n) is 10.1. The fourth-order valence-electron chi connectivity index (χ4n) is 0.930. The predicted octanol–water partition coefficient (Wildman–Crippen LogP) is 1.88. The van der Waals surface area contributed by atoms with E-state index in [1.165, 1.54) is 32.4 Å². The largest absolute Gasteiger partial charge is 0.295 e. The summed E-state index contributed by atoms with van der Waals surface area (Å²) in [7, 11) is 2.93. The Kier molecular flexibility index (Phi) is 8.07. The van der Waals surface area contributed by atoms with Crippen molar-refractivity contribution in [2.24, 2.45) is 0 Å². The number of ketones is 1. The van der Waals surface area contributed by atoms with Crippen molar-refractivity contribution in [2.45, 2.75) is 26.2 Å². The summed E-state index contributed by atoms with van der Waals surface area (Å²) in [6, 6.07) is 0. The van der Waals surface area contributed by atoms with Crippen LogP contribution in [0.2, 0.25) is 0 Å². The molecule has 0 saturated heterocycles. The second-order valence-corrected chi connectivity index (χ2v) is 3.31. The van der Waals surface area contributed by atoms with Gasteiger partial charge in [-0.25, -0.2) is 5.06 Å². The molecule has 0 heterocycles. The van der Waals surface area contributed by atoms with Crippen molar-refractivity contribution >= 4 is 11.7 Å². The minimum absolute atomic E-state index is 0.0824. The molecule has 16 heavy (non-hydrogen) atoms. The van der Waals surface area contributed by atoms with Crippen LogP contribution in [0.25, 0.3) is 0 Å². The summed E-state index contributed by atoms with van der Waals surface area (Å²) >= 11 is 0. The number of hydrogen-bond donors (Lipinski definition) is 0. The van der Waals surface area contributed by atoms with Crippen LogP contribution in [-0.4, -0.2) is 30.9 Å². The van der Waals surface area contributed by atoms with Crippen molar-refractivity contribution < 1.29 is 14.4 Å². The zero-order valence-corrected chi connectivity index (χ0v) is 10.1. The molecule has 0 rings (SSSR count). The Bertz CT molecular complexity index is 282. The highest BCUT2D eigenvalue weighted by Gasteiger charge is 2.00. The summed E-state index contributed by atoms with van der Waals surface area (Å²) in [4.78, 5) is 27.1. The number of hydroxylamine groups is 2. The van der Waals surface area contributed by atoms with Gasteiger partial charge < -0.3 is 0 Å². The molecular formula is C12H19NO3. The molecule has 0 fully saturated rings. The van der Waals surface area contributed by atoms with Crippen molar-refractivity contribution in [3.63, 3.8) is 0 Å². The van der Waals surface area contributed by atoms with E-state index in [0.29, 0.717) is 6.42 Å². The summed E-state index contributed by atoms with van der Waals surface area (Å²) in [6.07, 6.45) is 8.39. The van der Waals surface area contributed by atoms with Crippen molar-refractivity contribution in [3.8, 4) is 0 Å². The molecule has 0 radical (unpaired) electrons. The van der Waals surface area contributed by atoms with Crippen LogP contribution in [-0.2, 0) is 14.4 Å². The highest BCUT2D eigenvalue weighted by atomic mass is 16.7. The van der Waals surface area contributed by atoms with Crippen molar-refractivity contribution in [2.75, 3.05) is 14.2 Å². The van der Waals surface area contributed by atoms with Crippen LogP contribution >= 0.6 is 0 Å². The lowest BCUT2D eigenvalue weighted by molar-refractivity contribution is -0.162. The summed E-state index contributed by atoms with van der Waals surface area (Å²) in [5.74, 6) is -0.188. The maximum absolute atomic E-state index is 11.2. The number of unbranched alkanes of at least 4 members (excludes halogenated alkanes) is 1. The van der Waals surface area contributed by atoms with Crippen LogP contribution in [0.5, 0.6) is 0 Å². The molecule has 0 unspecified atom stereocenters. The average molecular weight is 225 g/mol. The molecule has 0 aromatic carbocycles. The van der Waals surface area contributed by atoms with E-state index in [4.69, 9.17) is 0 Å². The van der Waals surface area contributed by atoms with Gasteiger partial charge in [-0.1, -0.05) is 25.5 Å². The van der Waals surface area contributed by atoms with Gasteiger partial charge in [-0.15, -0.1) is 0 Å². The van der Waals surface area contributed by atoms with Crippen LogP contribution in [0.15, 0.2) is 24.3 Å². The number of hydrogen-bond acceptors (Lipinski definition) is 3. The Morgan fingerprint density at radius 1 is 1.25 bits per heavy atom. The van der Waals surface area contributed by atoms with E-state index in [0.717, 1.165) is 17.9 Å². The highest BCUT2D eigenvalue weighted by Crippen LogP contribution is 1.96. The third-order valence-corrected chi connectivity index (χ3v) is 1.99. The van der Waals surface area contributed by atoms with Crippen molar-refractivity contribution in [1.82, 2.24) is 5.06 Å². The first-order valence-electron chi connectivity index (χ1n) is 5.31. The quantitative estimate of drug-likeness (QED) is 0.377. The molecular weight excluding hydrogens is 206 g/mol. The molecule has 0 aromatic heterocycles. The molecule has 90 valence electrons. The molecule has 0 atom stereocenters. The minimum atomic E-state index is -0.270. The Balaban J connectivity index is 3.94. The lowest BCUT2D eigenvalue weighted by atomic mass is 10.2. The van der Waals surface area contributed by atoms with E-state index in [9.17, 15) is 9.59 Å². The molecule has 0 bridgehead atoms. The lowest BCUT2D eigenvalue weighted by Crippen LogP contribution is -2.22. The second-order valence-electron chi connectivity index (χ2n) is 3.31. The molecule has 0 aliphatic carbocycles.